The van der Waals surface area contributed by atoms with Crippen molar-refractivity contribution in [2.45, 2.75) is 13.5 Å². The van der Waals surface area contributed by atoms with Gasteiger partial charge in [-0.15, -0.1) is 11.3 Å². The maximum atomic E-state index is 11.9. The molecule has 1 N–H and O–H groups in total. The molecule has 0 bridgehead atoms. The van der Waals surface area contributed by atoms with Crippen LogP contribution in [0.15, 0.2) is 35.8 Å². The lowest BCUT2D eigenvalue weighted by atomic mass is 10.2. The summed E-state index contributed by atoms with van der Waals surface area (Å²) < 4.78 is 0. The third-order valence-corrected chi connectivity index (χ3v) is 3.53. The van der Waals surface area contributed by atoms with Gasteiger partial charge in [0.1, 0.15) is 0 Å². The molecule has 0 atom stereocenters. The van der Waals surface area contributed by atoms with Crippen molar-refractivity contribution >= 4 is 17.1 Å². The van der Waals surface area contributed by atoms with Crippen LogP contribution < -0.4 is 0 Å². The van der Waals surface area contributed by atoms with Gasteiger partial charge >= 0.3 is 0 Å². The van der Waals surface area contributed by atoms with E-state index in [-0.39, 0.29) is 5.78 Å². The Morgan fingerprint density at radius 3 is 2.88 bits per heavy atom. The van der Waals surface area contributed by atoms with Crippen molar-refractivity contribution in [3.63, 3.8) is 0 Å². The predicted molar refractivity (Wildman–Crippen MR) is 70.4 cm³/mol. The number of H-pyrrole nitrogens is 1. The quantitative estimate of drug-likeness (QED) is 0.798. The van der Waals surface area contributed by atoms with Gasteiger partial charge in [0.15, 0.2) is 5.78 Å². The molecule has 4 heteroatoms. The highest BCUT2D eigenvalue weighted by Crippen LogP contribution is 2.12. The largest absolute Gasteiger partial charge is 0.359 e. The number of ketones is 1. The fourth-order valence-electron chi connectivity index (χ4n) is 1.69. The second kappa shape index (κ2) is 5.80. The summed E-state index contributed by atoms with van der Waals surface area (Å²) in [6.45, 7) is 4.27. The summed E-state index contributed by atoms with van der Waals surface area (Å²) >= 11 is 1.73. The SMILES string of the molecule is CCN(CC(=O)c1ccc[nH]1)Cc1cccs1. The molecule has 90 valence electrons. The average molecular weight is 248 g/mol. The summed E-state index contributed by atoms with van der Waals surface area (Å²) in [4.78, 5) is 18.3. The first-order valence-electron chi connectivity index (χ1n) is 5.71. The first kappa shape index (κ1) is 12.1. The van der Waals surface area contributed by atoms with E-state index in [9.17, 15) is 4.79 Å². The molecule has 0 aliphatic heterocycles. The maximum Gasteiger partial charge on any atom is 0.192 e. The zero-order chi connectivity index (χ0) is 12.1. The highest BCUT2D eigenvalue weighted by molar-refractivity contribution is 7.09. The number of carbonyl (C=O) groups is 1. The Morgan fingerprint density at radius 1 is 1.41 bits per heavy atom. The van der Waals surface area contributed by atoms with Crippen molar-refractivity contribution < 1.29 is 4.79 Å². The van der Waals surface area contributed by atoms with Gasteiger partial charge in [-0.05, 0) is 30.1 Å². The highest BCUT2D eigenvalue weighted by Gasteiger charge is 2.12. The molecule has 0 fully saturated rings. The summed E-state index contributed by atoms with van der Waals surface area (Å²) in [5.41, 5.74) is 0.689. The van der Waals surface area contributed by atoms with Crippen LogP contribution in [0.1, 0.15) is 22.3 Å². The predicted octanol–water partition coefficient (Wildman–Crippen LogP) is 2.78. The first-order valence-corrected chi connectivity index (χ1v) is 6.59. The monoisotopic (exact) mass is 248 g/mol. The molecule has 0 saturated carbocycles. The smallest absolute Gasteiger partial charge is 0.192 e. The molecule has 17 heavy (non-hydrogen) atoms. The van der Waals surface area contributed by atoms with Gasteiger partial charge in [-0.25, -0.2) is 0 Å². The van der Waals surface area contributed by atoms with Crippen LogP contribution in [0.25, 0.3) is 0 Å². The van der Waals surface area contributed by atoms with Crippen LogP contribution in [-0.4, -0.2) is 28.8 Å². The van der Waals surface area contributed by atoms with Crippen molar-refractivity contribution in [2.24, 2.45) is 0 Å². The third kappa shape index (κ3) is 3.28. The molecular formula is C13H16N2OS. The molecule has 0 amide bonds. The van der Waals surface area contributed by atoms with Crippen LogP contribution in [0.2, 0.25) is 0 Å². The van der Waals surface area contributed by atoms with E-state index >= 15 is 0 Å². The van der Waals surface area contributed by atoms with E-state index in [0.717, 1.165) is 13.1 Å². The second-order valence-corrected chi connectivity index (χ2v) is 4.92. The number of carbonyl (C=O) groups excluding carboxylic acids is 1. The number of nitrogens with zero attached hydrogens (tertiary/aromatic N) is 1. The minimum absolute atomic E-state index is 0.147. The molecule has 2 rings (SSSR count). The van der Waals surface area contributed by atoms with E-state index in [1.54, 1.807) is 17.5 Å². The van der Waals surface area contributed by atoms with Gasteiger partial charge in [0, 0.05) is 17.6 Å². The molecule has 0 aliphatic carbocycles. The topological polar surface area (TPSA) is 36.1 Å². The molecule has 0 radical (unpaired) electrons. The van der Waals surface area contributed by atoms with Crippen LogP contribution >= 0.6 is 11.3 Å². The first-order chi connectivity index (χ1) is 8.29. The Labute approximate surface area is 105 Å². The molecule has 3 nitrogen and oxygen atoms in total. The summed E-state index contributed by atoms with van der Waals surface area (Å²) in [6.07, 6.45) is 1.78. The van der Waals surface area contributed by atoms with Gasteiger partial charge in [-0.1, -0.05) is 13.0 Å². The number of hydrogen-bond acceptors (Lipinski definition) is 3. The maximum absolute atomic E-state index is 11.9. The lowest BCUT2D eigenvalue weighted by Gasteiger charge is -2.18. The lowest BCUT2D eigenvalue weighted by molar-refractivity contribution is 0.0926. The summed E-state index contributed by atoms with van der Waals surface area (Å²) in [6, 6.07) is 7.82. The Kier molecular flexibility index (Phi) is 4.12. The van der Waals surface area contributed by atoms with Crippen LogP contribution in [-0.2, 0) is 6.54 Å². The molecule has 2 heterocycles. The number of aromatic nitrogens is 1. The minimum Gasteiger partial charge on any atom is -0.359 e. The Hall–Kier alpha value is -1.39. The van der Waals surface area contributed by atoms with E-state index in [4.69, 9.17) is 0 Å². The molecule has 0 unspecified atom stereocenters. The van der Waals surface area contributed by atoms with E-state index in [2.05, 4.69) is 28.3 Å². The molecular weight excluding hydrogens is 232 g/mol. The van der Waals surface area contributed by atoms with Gasteiger partial charge in [-0.2, -0.15) is 0 Å². The lowest BCUT2D eigenvalue weighted by Crippen LogP contribution is -2.29. The second-order valence-electron chi connectivity index (χ2n) is 3.89. The number of thiophene rings is 1. The minimum atomic E-state index is 0.147. The summed E-state index contributed by atoms with van der Waals surface area (Å²) in [7, 11) is 0. The third-order valence-electron chi connectivity index (χ3n) is 2.67. The standard InChI is InChI=1S/C13H16N2OS/c1-2-15(9-11-5-4-8-17-11)10-13(16)12-6-3-7-14-12/h3-8,14H,2,9-10H2,1H3. The van der Waals surface area contributed by atoms with Crippen LogP contribution in [0.4, 0.5) is 0 Å². The molecule has 2 aromatic rings. The fraction of sp³-hybridized carbons (Fsp3) is 0.308. The number of likely N-dealkylation sites (N-methyl/N-ethyl adjacent to an activating group) is 1. The van der Waals surface area contributed by atoms with Crippen molar-refractivity contribution in [2.75, 3.05) is 13.1 Å². The number of nitrogens with one attached hydrogen (secondary N) is 1. The normalized spacial score (nSPS) is 10.9. The highest BCUT2D eigenvalue weighted by atomic mass is 32.1. The van der Waals surface area contributed by atoms with Crippen LogP contribution in [0.3, 0.4) is 0 Å². The zero-order valence-corrected chi connectivity index (χ0v) is 10.7. The molecule has 0 aromatic carbocycles. The Balaban J connectivity index is 1.93. The molecule has 0 spiro atoms. The van der Waals surface area contributed by atoms with Gasteiger partial charge in [-0.3, -0.25) is 9.69 Å². The number of aromatic amines is 1. The van der Waals surface area contributed by atoms with Crippen molar-refractivity contribution in [3.05, 3.63) is 46.4 Å². The van der Waals surface area contributed by atoms with E-state index < -0.39 is 0 Å². The molecule has 0 saturated heterocycles. The van der Waals surface area contributed by atoms with Crippen molar-refractivity contribution in [3.8, 4) is 0 Å². The summed E-state index contributed by atoms with van der Waals surface area (Å²) in [5, 5.41) is 2.07. The van der Waals surface area contributed by atoms with Gasteiger partial charge < -0.3 is 4.98 Å². The van der Waals surface area contributed by atoms with Crippen molar-refractivity contribution in [1.82, 2.24) is 9.88 Å². The Bertz CT molecular complexity index is 448. The molecule has 0 aliphatic rings. The van der Waals surface area contributed by atoms with Crippen LogP contribution in [0.5, 0.6) is 0 Å². The number of Topliss-reactive ketones (excluding diaryl/α,β-unsaturated/α-hetero) is 1. The van der Waals surface area contributed by atoms with E-state index in [0.29, 0.717) is 12.2 Å². The van der Waals surface area contributed by atoms with Crippen LogP contribution in [0, 0.1) is 0 Å². The zero-order valence-electron chi connectivity index (χ0n) is 9.85. The van der Waals surface area contributed by atoms with Gasteiger partial charge in [0.2, 0.25) is 0 Å². The van der Waals surface area contributed by atoms with E-state index in [1.807, 2.05) is 18.2 Å². The number of hydrogen-bond donors (Lipinski definition) is 1. The van der Waals surface area contributed by atoms with Gasteiger partial charge in [0.05, 0.1) is 12.2 Å². The average Bonchev–Trinajstić information content (AvgIpc) is 3.00. The summed E-state index contributed by atoms with van der Waals surface area (Å²) in [5.74, 6) is 0.147. The molecule has 2 aromatic heterocycles. The van der Waals surface area contributed by atoms with Gasteiger partial charge in [0.25, 0.3) is 0 Å². The fourth-order valence-corrected chi connectivity index (χ4v) is 2.44. The Morgan fingerprint density at radius 2 is 2.29 bits per heavy atom. The van der Waals surface area contributed by atoms with Crippen molar-refractivity contribution in [1.29, 1.82) is 0 Å². The number of rotatable bonds is 6. The van der Waals surface area contributed by atoms with E-state index in [1.165, 1.54) is 4.88 Å².